The molecule has 1 aliphatic rings. The second-order valence-corrected chi connectivity index (χ2v) is 6.47. The Morgan fingerprint density at radius 3 is 2.88 bits per heavy atom. The zero-order valence-corrected chi connectivity index (χ0v) is 14.3. The molecule has 1 aromatic heterocycles. The van der Waals surface area contributed by atoms with Gasteiger partial charge in [-0.1, -0.05) is 42.5 Å². The monoisotopic (exact) mass is 340 g/mol. The summed E-state index contributed by atoms with van der Waals surface area (Å²) in [5.41, 5.74) is 2.14. The van der Waals surface area contributed by atoms with E-state index in [4.69, 9.17) is 5.11 Å². The maximum Gasteiger partial charge on any atom is 0.315 e. The van der Waals surface area contributed by atoms with Crippen LogP contribution in [0.3, 0.4) is 0 Å². The molecule has 132 valence electrons. The lowest BCUT2D eigenvalue weighted by molar-refractivity contribution is 0.229. The van der Waals surface area contributed by atoms with Gasteiger partial charge in [0.2, 0.25) is 0 Å². The van der Waals surface area contributed by atoms with Crippen molar-refractivity contribution in [3.63, 3.8) is 0 Å². The van der Waals surface area contributed by atoms with Gasteiger partial charge in [0.1, 0.15) is 0 Å². The quantitative estimate of drug-likeness (QED) is 0.706. The van der Waals surface area contributed by atoms with Crippen LogP contribution in [-0.4, -0.2) is 33.6 Å². The maximum atomic E-state index is 12.1. The molecule has 25 heavy (non-hydrogen) atoms. The molecule has 1 aromatic carbocycles. The summed E-state index contributed by atoms with van der Waals surface area (Å²) in [4.78, 5) is 12.1. The molecule has 0 saturated carbocycles. The highest BCUT2D eigenvalue weighted by Gasteiger charge is 2.20. The molecule has 6 nitrogen and oxygen atoms in total. The van der Waals surface area contributed by atoms with Gasteiger partial charge in [-0.15, -0.1) is 0 Å². The fourth-order valence-corrected chi connectivity index (χ4v) is 2.97. The van der Waals surface area contributed by atoms with Gasteiger partial charge in [0.25, 0.3) is 0 Å². The summed E-state index contributed by atoms with van der Waals surface area (Å²) in [5.74, 6) is 0.138. The summed E-state index contributed by atoms with van der Waals surface area (Å²) in [6.45, 7) is 2.76. The van der Waals surface area contributed by atoms with Crippen LogP contribution in [0.1, 0.15) is 30.5 Å². The van der Waals surface area contributed by atoms with Crippen molar-refractivity contribution in [3.8, 4) is 0 Å². The van der Waals surface area contributed by atoms with E-state index < -0.39 is 0 Å². The molecule has 0 spiro atoms. The summed E-state index contributed by atoms with van der Waals surface area (Å²) in [6.07, 6.45) is 8.36. The molecule has 0 radical (unpaired) electrons. The van der Waals surface area contributed by atoms with E-state index >= 15 is 0 Å². The maximum absolute atomic E-state index is 12.1. The van der Waals surface area contributed by atoms with Crippen LogP contribution in [0.5, 0.6) is 0 Å². The average Bonchev–Trinajstić information content (AvgIpc) is 3.25. The molecule has 2 aromatic rings. The molecule has 3 N–H and O–H groups in total. The van der Waals surface area contributed by atoms with Crippen molar-refractivity contribution in [3.05, 3.63) is 66.0 Å². The summed E-state index contributed by atoms with van der Waals surface area (Å²) in [6, 6.07) is 9.76. The number of hydrogen-bond donors (Lipinski definition) is 3. The molecule has 3 atom stereocenters. The third-order valence-corrected chi connectivity index (χ3v) is 4.41. The van der Waals surface area contributed by atoms with Crippen molar-refractivity contribution in [2.75, 3.05) is 6.61 Å². The number of aliphatic hydroxyl groups excluding tert-OH is 1. The van der Waals surface area contributed by atoms with Gasteiger partial charge in [0, 0.05) is 30.3 Å². The van der Waals surface area contributed by atoms with Crippen LogP contribution in [0.4, 0.5) is 4.79 Å². The Bertz CT molecular complexity index is 726. The Hall–Kier alpha value is -2.60. The summed E-state index contributed by atoms with van der Waals surface area (Å²) >= 11 is 0. The lowest BCUT2D eigenvalue weighted by Gasteiger charge is -2.17. The van der Waals surface area contributed by atoms with E-state index in [9.17, 15) is 4.79 Å². The highest BCUT2D eigenvalue weighted by atomic mass is 16.3. The first-order valence-corrected chi connectivity index (χ1v) is 8.56. The Balaban J connectivity index is 1.50. The molecule has 2 amide bonds. The predicted octanol–water partition coefficient (Wildman–Crippen LogP) is 2.23. The number of rotatable bonds is 6. The zero-order chi connectivity index (χ0) is 17.6. The molecule has 3 rings (SSSR count). The van der Waals surface area contributed by atoms with Crippen LogP contribution in [0, 0.1) is 5.92 Å². The topological polar surface area (TPSA) is 79.2 Å². The molecule has 0 bridgehead atoms. The third kappa shape index (κ3) is 4.70. The van der Waals surface area contributed by atoms with Crippen LogP contribution in [0.2, 0.25) is 0 Å². The second-order valence-electron chi connectivity index (χ2n) is 6.47. The molecule has 0 saturated heterocycles. The van der Waals surface area contributed by atoms with Crippen LogP contribution in [0.25, 0.3) is 0 Å². The molecule has 0 fully saturated rings. The van der Waals surface area contributed by atoms with Gasteiger partial charge in [-0.05, 0) is 18.9 Å². The van der Waals surface area contributed by atoms with Crippen LogP contribution < -0.4 is 10.6 Å². The first-order valence-electron chi connectivity index (χ1n) is 8.56. The number of benzene rings is 1. The van der Waals surface area contributed by atoms with Crippen molar-refractivity contribution in [1.82, 2.24) is 20.4 Å². The van der Waals surface area contributed by atoms with Crippen LogP contribution in [0.15, 0.2) is 54.9 Å². The lowest BCUT2D eigenvalue weighted by atomic mass is 10.1. The van der Waals surface area contributed by atoms with Gasteiger partial charge in [0.05, 0.1) is 18.8 Å². The van der Waals surface area contributed by atoms with E-state index in [-0.39, 0.29) is 30.6 Å². The molecule has 0 aliphatic heterocycles. The zero-order valence-electron chi connectivity index (χ0n) is 14.3. The summed E-state index contributed by atoms with van der Waals surface area (Å²) in [7, 11) is 0. The summed E-state index contributed by atoms with van der Waals surface area (Å²) in [5, 5.41) is 19.3. The number of aliphatic hydroxyl groups is 1. The fourth-order valence-electron chi connectivity index (χ4n) is 2.97. The number of amides is 2. The third-order valence-electron chi connectivity index (χ3n) is 4.41. The minimum atomic E-state index is -0.212. The van der Waals surface area contributed by atoms with Gasteiger partial charge >= 0.3 is 6.03 Å². The van der Waals surface area contributed by atoms with Crippen LogP contribution >= 0.6 is 0 Å². The second kappa shape index (κ2) is 7.98. The van der Waals surface area contributed by atoms with E-state index in [2.05, 4.69) is 27.9 Å². The van der Waals surface area contributed by atoms with Gasteiger partial charge in [-0.25, -0.2) is 4.79 Å². The number of nitrogens with zero attached hydrogens (tertiary/aromatic N) is 2. The lowest BCUT2D eigenvalue weighted by Crippen LogP contribution is -2.41. The van der Waals surface area contributed by atoms with Gasteiger partial charge in [0.15, 0.2) is 0 Å². The normalized spacial score (nSPS) is 20.4. The SMILES string of the molecule is C[C@H](NC(=O)N[C@@H]1C=C[C@H](CO)C1)c1cnn(Cc2ccccc2)c1. The van der Waals surface area contributed by atoms with E-state index in [0.29, 0.717) is 6.54 Å². The Morgan fingerprint density at radius 2 is 2.16 bits per heavy atom. The van der Waals surface area contributed by atoms with Crippen molar-refractivity contribution >= 4 is 6.03 Å². The number of nitrogens with one attached hydrogen (secondary N) is 2. The molecule has 0 unspecified atom stereocenters. The Kier molecular flexibility index (Phi) is 5.50. The van der Waals surface area contributed by atoms with E-state index in [1.54, 1.807) is 6.20 Å². The summed E-state index contributed by atoms with van der Waals surface area (Å²) < 4.78 is 1.87. The predicted molar refractivity (Wildman–Crippen MR) is 96.0 cm³/mol. The number of carbonyl (C=O) groups is 1. The minimum absolute atomic E-state index is 0.0230. The van der Waals surface area contributed by atoms with Crippen molar-refractivity contribution in [2.24, 2.45) is 5.92 Å². The first kappa shape index (κ1) is 17.2. The Morgan fingerprint density at radius 1 is 1.36 bits per heavy atom. The standard InChI is InChI=1S/C19H24N4O2/c1-14(21-19(25)22-18-8-7-16(9-18)13-24)17-10-20-23(12-17)11-15-5-3-2-4-6-15/h2-8,10,12,14,16,18,24H,9,11,13H2,1H3,(H2,21,22,25)/t14-,16-,18+/m0/s1. The molecular weight excluding hydrogens is 316 g/mol. The van der Waals surface area contributed by atoms with Gasteiger partial charge in [-0.3, -0.25) is 4.68 Å². The Labute approximate surface area is 147 Å². The molecular formula is C19H24N4O2. The number of aromatic nitrogens is 2. The van der Waals surface area contributed by atoms with E-state index in [0.717, 1.165) is 12.0 Å². The van der Waals surface area contributed by atoms with E-state index in [1.165, 1.54) is 5.56 Å². The van der Waals surface area contributed by atoms with Crippen molar-refractivity contribution in [2.45, 2.75) is 32.0 Å². The highest BCUT2D eigenvalue weighted by molar-refractivity contribution is 5.75. The van der Waals surface area contributed by atoms with Crippen molar-refractivity contribution < 1.29 is 9.90 Å². The van der Waals surface area contributed by atoms with Crippen LogP contribution in [-0.2, 0) is 6.54 Å². The van der Waals surface area contributed by atoms with Gasteiger partial charge < -0.3 is 15.7 Å². The first-order chi connectivity index (χ1) is 12.1. The molecule has 1 heterocycles. The number of carbonyl (C=O) groups excluding carboxylic acids is 1. The van der Waals surface area contributed by atoms with E-state index in [1.807, 2.05) is 48.2 Å². The fraction of sp³-hybridized carbons (Fsp3) is 0.368. The smallest absolute Gasteiger partial charge is 0.315 e. The minimum Gasteiger partial charge on any atom is -0.396 e. The molecule has 6 heteroatoms. The van der Waals surface area contributed by atoms with Gasteiger partial charge in [-0.2, -0.15) is 5.10 Å². The average molecular weight is 340 g/mol. The highest BCUT2D eigenvalue weighted by Crippen LogP contribution is 2.17. The largest absolute Gasteiger partial charge is 0.396 e. The van der Waals surface area contributed by atoms with Crippen molar-refractivity contribution in [1.29, 1.82) is 0 Å². The molecule has 1 aliphatic carbocycles. The number of hydrogen-bond acceptors (Lipinski definition) is 3. The number of urea groups is 1.